The number of nitrogens with zero attached hydrogens (tertiary/aromatic N) is 1. The zero-order chi connectivity index (χ0) is 14.2. The minimum atomic E-state index is -1.28. The number of aliphatic hydroxyl groups excluding tert-OH is 1. The number of aromatic nitrogens is 1. The van der Waals surface area contributed by atoms with E-state index in [1.54, 1.807) is 13.1 Å². The van der Waals surface area contributed by atoms with E-state index < -0.39 is 17.8 Å². The first-order valence-electron chi connectivity index (χ1n) is 6.57. The molecule has 2 N–H and O–H groups in total. The number of hydrogen-bond acceptors (Lipinski definition) is 5. The van der Waals surface area contributed by atoms with Gasteiger partial charge in [0.15, 0.2) is 0 Å². The number of fused-ring (bicyclic) bond motifs is 1. The first kappa shape index (κ1) is 13.3. The van der Waals surface area contributed by atoms with Crippen molar-refractivity contribution >= 4 is 10.9 Å². The Balaban J connectivity index is 1.71. The summed E-state index contributed by atoms with van der Waals surface area (Å²) in [7, 11) is 0. The van der Waals surface area contributed by atoms with Crippen LogP contribution in [0.3, 0.4) is 0 Å². The molecule has 1 aromatic heterocycles. The standard InChI is InChI=1S/C15H17NO4/c1-15(18)13(17)8-20-14(15)9-19-11-5-4-10-3-2-6-16-12(10)7-11/h2-7,13-14,17-18H,8-9H2,1H3. The Kier molecular flexibility index (Phi) is 3.33. The molecule has 1 saturated heterocycles. The highest BCUT2D eigenvalue weighted by atomic mass is 16.6. The van der Waals surface area contributed by atoms with E-state index in [-0.39, 0.29) is 13.2 Å². The monoisotopic (exact) mass is 275 g/mol. The topological polar surface area (TPSA) is 71.8 Å². The number of benzene rings is 1. The van der Waals surface area contributed by atoms with E-state index in [0.717, 1.165) is 10.9 Å². The molecule has 0 spiro atoms. The third kappa shape index (κ3) is 2.35. The van der Waals surface area contributed by atoms with Gasteiger partial charge in [-0.25, -0.2) is 0 Å². The molecule has 20 heavy (non-hydrogen) atoms. The van der Waals surface area contributed by atoms with E-state index in [9.17, 15) is 10.2 Å². The second-order valence-electron chi connectivity index (χ2n) is 5.23. The van der Waals surface area contributed by atoms with Gasteiger partial charge in [-0.3, -0.25) is 4.98 Å². The summed E-state index contributed by atoms with van der Waals surface area (Å²) in [6, 6.07) is 9.49. The molecule has 0 saturated carbocycles. The van der Waals surface area contributed by atoms with Crippen LogP contribution in [0.15, 0.2) is 36.5 Å². The summed E-state index contributed by atoms with van der Waals surface area (Å²) in [5.41, 5.74) is -0.432. The Bertz CT molecular complexity index is 614. The predicted molar refractivity (Wildman–Crippen MR) is 73.6 cm³/mol. The summed E-state index contributed by atoms with van der Waals surface area (Å²) in [4.78, 5) is 4.26. The van der Waals surface area contributed by atoms with E-state index >= 15 is 0 Å². The molecule has 106 valence electrons. The lowest BCUT2D eigenvalue weighted by molar-refractivity contribution is -0.0755. The molecule has 0 amide bonds. The van der Waals surface area contributed by atoms with Crippen LogP contribution in [0.2, 0.25) is 0 Å². The van der Waals surface area contributed by atoms with Crippen LogP contribution < -0.4 is 4.74 Å². The van der Waals surface area contributed by atoms with Crippen LogP contribution in [0.1, 0.15) is 6.92 Å². The maximum Gasteiger partial charge on any atom is 0.123 e. The molecular formula is C15H17NO4. The fourth-order valence-electron chi connectivity index (χ4n) is 2.28. The molecule has 3 atom stereocenters. The zero-order valence-corrected chi connectivity index (χ0v) is 11.2. The molecule has 1 fully saturated rings. The van der Waals surface area contributed by atoms with Gasteiger partial charge in [-0.05, 0) is 25.1 Å². The minimum Gasteiger partial charge on any atom is -0.491 e. The lowest BCUT2D eigenvalue weighted by Gasteiger charge is -2.26. The van der Waals surface area contributed by atoms with Crippen LogP contribution in [-0.2, 0) is 4.74 Å². The second kappa shape index (κ2) is 5.01. The molecule has 5 nitrogen and oxygen atoms in total. The van der Waals surface area contributed by atoms with Crippen molar-refractivity contribution < 1.29 is 19.7 Å². The fraction of sp³-hybridized carbons (Fsp3) is 0.400. The second-order valence-corrected chi connectivity index (χ2v) is 5.23. The molecule has 3 rings (SSSR count). The minimum absolute atomic E-state index is 0.125. The summed E-state index contributed by atoms with van der Waals surface area (Å²) in [5, 5.41) is 20.8. The van der Waals surface area contributed by atoms with Crippen molar-refractivity contribution in [2.45, 2.75) is 24.7 Å². The summed E-state index contributed by atoms with van der Waals surface area (Å²) in [6.07, 6.45) is 0.305. The summed E-state index contributed by atoms with van der Waals surface area (Å²) < 4.78 is 11.0. The number of rotatable bonds is 3. The molecule has 1 aliphatic rings. The highest BCUT2D eigenvalue weighted by molar-refractivity contribution is 5.79. The van der Waals surface area contributed by atoms with E-state index in [2.05, 4.69) is 4.98 Å². The molecule has 2 aromatic rings. The number of hydrogen-bond donors (Lipinski definition) is 2. The van der Waals surface area contributed by atoms with Gasteiger partial charge in [0.1, 0.15) is 30.2 Å². The lowest BCUT2D eigenvalue weighted by Crippen LogP contribution is -2.46. The Morgan fingerprint density at radius 2 is 2.30 bits per heavy atom. The van der Waals surface area contributed by atoms with Crippen LogP contribution in [0.5, 0.6) is 5.75 Å². The number of pyridine rings is 1. The van der Waals surface area contributed by atoms with Gasteiger partial charge < -0.3 is 19.7 Å². The van der Waals surface area contributed by atoms with Gasteiger partial charge in [0.25, 0.3) is 0 Å². The highest BCUT2D eigenvalue weighted by Gasteiger charge is 2.46. The molecule has 5 heteroatoms. The molecular weight excluding hydrogens is 258 g/mol. The van der Waals surface area contributed by atoms with Gasteiger partial charge in [0, 0.05) is 17.6 Å². The van der Waals surface area contributed by atoms with Crippen molar-refractivity contribution in [3.8, 4) is 5.75 Å². The maximum absolute atomic E-state index is 10.1. The predicted octanol–water partition coefficient (Wildman–Crippen LogP) is 1.12. The Labute approximate surface area is 116 Å². The average Bonchev–Trinajstić information content (AvgIpc) is 2.71. The first-order chi connectivity index (χ1) is 9.57. The molecule has 1 aromatic carbocycles. The van der Waals surface area contributed by atoms with Gasteiger partial charge in [0.2, 0.25) is 0 Å². The Morgan fingerprint density at radius 1 is 1.45 bits per heavy atom. The first-order valence-corrected chi connectivity index (χ1v) is 6.57. The molecule has 2 heterocycles. The zero-order valence-electron chi connectivity index (χ0n) is 11.2. The lowest BCUT2D eigenvalue weighted by atomic mass is 9.96. The van der Waals surface area contributed by atoms with E-state index in [4.69, 9.17) is 9.47 Å². The smallest absolute Gasteiger partial charge is 0.123 e. The number of ether oxygens (including phenoxy) is 2. The van der Waals surface area contributed by atoms with E-state index in [1.165, 1.54) is 0 Å². The quantitative estimate of drug-likeness (QED) is 0.878. The summed E-state index contributed by atoms with van der Waals surface area (Å²) >= 11 is 0. The van der Waals surface area contributed by atoms with Crippen molar-refractivity contribution in [1.82, 2.24) is 4.98 Å². The van der Waals surface area contributed by atoms with Gasteiger partial charge >= 0.3 is 0 Å². The van der Waals surface area contributed by atoms with Crippen LogP contribution in [0, 0.1) is 0 Å². The largest absolute Gasteiger partial charge is 0.491 e. The molecule has 1 aliphatic heterocycles. The van der Waals surface area contributed by atoms with Crippen LogP contribution in [-0.4, -0.2) is 46.2 Å². The van der Waals surface area contributed by atoms with Gasteiger partial charge in [-0.1, -0.05) is 6.07 Å². The third-order valence-corrected chi connectivity index (χ3v) is 3.76. The number of aliphatic hydroxyl groups is 2. The van der Waals surface area contributed by atoms with Gasteiger partial charge in [-0.2, -0.15) is 0 Å². The van der Waals surface area contributed by atoms with Crippen molar-refractivity contribution in [1.29, 1.82) is 0 Å². The van der Waals surface area contributed by atoms with Crippen molar-refractivity contribution in [3.05, 3.63) is 36.5 Å². The summed E-state index contributed by atoms with van der Waals surface area (Å²) in [6.45, 7) is 1.86. The van der Waals surface area contributed by atoms with Crippen molar-refractivity contribution in [2.24, 2.45) is 0 Å². The van der Waals surface area contributed by atoms with Gasteiger partial charge in [-0.15, -0.1) is 0 Å². The Morgan fingerprint density at radius 3 is 3.05 bits per heavy atom. The highest BCUT2D eigenvalue weighted by Crippen LogP contribution is 2.27. The van der Waals surface area contributed by atoms with Crippen LogP contribution in [0.25, 0.3) is 10.9 Å². The molecule has 0 radical (unpaired) electrons. The normalized spacial score (nSPS) is 29.8. The fourth-order valence-corrected chi connectivity index (χ4v) is 2.28. The van der Waals surface area contributed by atoms with E-state index in [1.807, 2.05) is 30.3 Å². The third-order valence-electron chi connectivity index (χ3n) is 3.76. The molecule has 0 aliphatic carbocycles. The maximum atomic E-state index is 10.1. The van der Waals surface area contributed by atoms with Crippen LogP contribution >= 0.6 is 0 Å². The SMILES string of the molecule is CC1(O)C(O)COC1COc1ccc2cccnc2c1. The molecule has 3 unspecified atom stereocenters. The van der Waals surface area contributed by atoms with Gasteiger partial charge in [0.05, 0.1) is 12.1 Å². The van der Waals surface area contributed by atoms with Crippen LogP contribution in [0.4, 0.5) is 0 Å². The van der Waals surface area contributed by atoms with E-state index in [0.29, 0.717) is 5.75 Å². The average molecular weight is 275 g/mol. The molecule has 0 bridgehead atoms. The Hall–Kier alpha value is -1.69. The van der Waals surface area contributed by atoms with Crippen molar-refractivity contribution in [2.75, 3.05) is 13.2 Å². The summed E-state index contributed by atoms with van der Waals surface area (Å²) in [5.74, 6) is 0.664. The van der Waals surface area contributed by atoms with Crippen molar-refractivity contribution in [3.63, 3.8) is 0 Å².